The highest BCUT2D eigenvalue weighted by atomic mass is 16.6. The van der Waals surface area contributed by atoms with Crippen LogP contribution in [-0.4, -0.2) is 41.3 Å². The van der Waals surface area contributed by atoms with Gasteiger partial charge in [-0.3, -0.25) is 9.59 Å². The Hall–Kier alpha value is -0.940. The van der Waals surface area contributed by atoms with Gasteiger partial charge in [0.1, 0.15) is 0 Å². The van der Waals surface area contributed by atoms with Gasteiger partial charge in [-0.2, -0.15) is 0 Å². The monoisotopic (exact) mass is 386 g/mol. The van der Waals surface area contributed by atoms with E-state index in [1.165, 1.54) is 64.2 Å². The summed E-state index contributed by atoms with van der Waals surface area (Å²) in [7, 11) is 0. The van der Waals surface area contributed by atoms with E-state index in [0.717, 1.165) is 12.8 Å². The Kier molecular flexibility index (Phi) is 17.8. The van der Waals surface area contributed by atoms with Crippen molar-refractivity contribution in [3.8, 4) is 0 Å². The topological polar surface area (TPSA) is 83.8 Å². The van der Waals surface area contributed by atoms with Crippen molar-refractivity contribution in [2.45, 2.75) is 116 Å². The maximum atomic E-state index is 12.1. The van der Waals surface area contributed by atoms with E-state index in [4.69, 9.17) is 9.84 Å². The molecule has 0 aromatic heterocycles. The zero-order chi connectivity index (χ0) is 20.3. The number of aldehydes is 1. The maximum absolute atomic E-state index is 12.1. The fourth-order valence-electron chi connectivity index (χ4n) is 3.33. The first-order chi connectivity index (χ1) is 13.0. The van der Waals surface area contributed by atoms with E-state index in [2.05, 4.69) is 6.92 Å². The van der Waals surface area contributed by atoms with Crippen LogP contribution >= 0.6 is 0 Å². The minimum atomic E-state index is -1.10. The number of ether oxygens (including phenoxy) is 1. The molecular weight excluding hydrogens is 344 g/mol. The summed E-state index contributed by atoms with van der Waals surface area (Å²) in [5, 5.41) is 18.6. The molecule has 5 heteroatoms. The Labute approximate surface area is 165 Å². The second-order valence-electron chi connectivity index (χ2n) is 7.75. The summed E-state index contributed by atoms with van der Waals surface area (Å²) >= 11 is 0. The van der Waals surface area contributed by atoms with Gasteiger partial charge in [0.25, 0.3) is 0 Å². The van der Waals surface area contributed by atoms with Crippen molar-refractivity contribution in [3.63, 3.8) is 0 Å². The molecule has 0 bridgehead atoms. The van der Waals surface area contributed by atoms with Crippen LogP contribution < -0.4 is 0 Å². The molecule has 0 radical (unpaired) electrons. The van der Waals surface area contributed by atoms with Crippen LogP contribution in [0.5, 0.6) is 0 Å². The predicted molar refractivity (Wildman–Crippen MR) is 109 cm³/mol. The van der Waals surface area contributed by atoms with Crippen molar-refractivity contribution < 1.29 is 24.5 Å². The molecule has 3 atom stereocenters. The molecule has 160 valence electrons. The van der Waals surface area contributed by atoms with Crippen molar-refractivity contribution in [1.82, 2.24) is 0 Å². The van der Waals surface area contributed by atoms with Crippen LogP contribution in [0.15, 0.2) is 0 Å². The number of carbonyl (C=O) groups is 2. The molecule has 0 heterocycles. The highest BCUT2D eigenvalue weighted by Gasteiger charge is 2.24. The second-order valence-corrected chi connectivity index (χ2v) is 7.75. The number of esters is 1. The molecule has 0 aliphatic heterocycles. The Bertz CT molecular complexity index is 357. The summed E-state index contributed by atoms with van der Waals surface area (Å²) in [6, 6.07) is 0. The summed E-state index contributed by atoms with van der Waals surface area (Å²) in [6.07, 6.45) is 14.8. The number of unbranched alkanes of at least 4 members (excludes halogenated alkanes) is 11. The Morgan fingerprint density at radius 3 is 1.81 bits per heavy atom. The Morgan fingerprint density at radius 2 is 1.41 bits per heavy atom. The molecule has 5 nitrogen and oxygen atoms in total. The molecule has 0 aliphatic rings. The van der Waals surface area contributed by atoms with Gasteiger partial charge in [-0.05, 0) is 19.8 Å². The van der Waals surface area contributed by atoms with Gasteiger partial charge >= 0.3 is 5.97 Å². The number of hydrogen-bond donors (Lipinski definition) is 2. The number of aliphatic hydroxyl groups excluding tert-OH is 2. The Morgan fingerprint density at radius 1 is 0.926 bits per heavy atom. The fourth-order valence-corrected chi connectivity index (χ4v) is 3.33. The smallest absolute Gasteiger partial charge is 0.309 e. The van der Waals surface area contributed by atoms with Crippen molar-refractivity contribution >= 4 is 12.3 Å². The first-order valence-corrected chi connectivity index (χ1v) is 11.0. The summed E-state index contributed by atoms with van der Waals surface area (Å²) in [5.41, 5.74) is 0. The minimum absolute atomic E-state index is 0.327. The lowest BCUT2D eigenvalue weighted by atomic mass is 9.95. The number of rotatable bonds is 19. The van der Waals surface area contributed by atoms with Crippen molar-refractivity contribution in [3.05, 3.63) is 0 Å². The molecule has 0 spiro atoms. The van der Waals surface area contributed by atoms with Crippen LogP contribution in [0.25, 0.3) is 0 Å². The average molecular weight is 387 g/mol. The number of aliphatic hydroxyl groups is 2. The van der Waals surface area contributed by atoms with E-state index in [1.807, 2.05) is 0 Å². The molecule has 0 saturated carbocycles. The molecule has 0 saturated heterocycles. The van der Waals surface area contributed by atoms with Crippen molar-refractivity contribution in [2.75, 3.05) is 6.61 Å². The van der Waals surface area contributed by atoms with Crippen LogP contribution in [0, 0.1) is 5.92 Å². The van der Waals surface area contributed by atoms with E-state index < -0.39 is 30.7 Å². The first-order valence-electron chi connectivity index (χ1n) is 11.0. The molecule has 0 rings (SSSR count). The predicted octanol–water partition coefficient (Wildman–Crippen LogP) is 4.57. The average Bonchev–Trinajstić information content (AvgIpc) is 2.65. The van der Waals surface area contributed by atoms with E-state index >= 15 is 0 Å². The van der Waals surface area contributed by atoms with Gasteiger partial charge in [0.05, 0.1) is 18.6 Å². The molecule has 27 heavy (non-hydrogen) atoms. The van der Waals surface area contributed by atoms with E-state index in [9.17, 15) is 14.7 Å². The van der Waals surface area contributed by atoms with Gasteiger partial charge in [0.15, 0.2) is 12.4 Å². The van der Waals surface area contributed by atoms with Crippen LogP contribution in [-0.2, 0) is 14.3 Å². The van der Waals surface area contributed by atoms with Crippen molar-refractivity contribution in [1.29, 1.82) is 0 Å². The summed E-state index contributed by atoms with van der Waals surface area (Å²) in [6.45, 7) is 3.38. The van der Waals surface area contributed by atoms with Crippen LogP contribution in [0.3, 0.4) is 0 Å². The highest BCUT2D eigenvalue weighted by molar-refractivity contribution is 5.75. The van der Waals surface area contributed by atoms with Crippen LogP contribution in [0.2, 0.25) is 0 Å². The van der Waals surface area contributed by atoms with E-state index in [0.29, 0.717) is 19.1 Å². The van der Waals surface area contributed by atoms with Gasteiger partial charge in [0, 0.05) is 0 Å². The molecular formula is C22H42O5. The second kappa shape index (κ2) is 18.4. The summed E-state index contributed by atoms with van der Waals surface area (Å²) in [4.78, 5) is 22.8. The maximum Gasteiger partial charge on any atom is 0.309 e. The Balaban J connectivity index is 3.81. The lowest BCUT2D eigenvalue weighted by molar-refractivity contribution is -0.159. The molecule has 3 unspecified atom stereocenters. The lowest BCUT2D eigenvalue weighted by Gasteiger charge is -2.19. The third-order valence-electron chi connectivity index (χ3n) is 4.96. The third-order valence-corrected chi connectivity index (χ3v) is 4.96. The molecule has 0 amide bonds. The minimum Gasteiger partial charge on any atom is -0.452 e. The largest absolute Gasteiger partial charge is 0.452 e. The van der Waals surface area contributed by atoms with Crippen molar-refractivity contribution in [2.24, 2.45) is 5.92 Å². The van der Waals surface area contributed by atoms with Crippen LogP contribution in [0.4, 0.5) is 0 Å². The first kappa shape index (κ1) is 26.1. The normalized spacial score (nSPS) is 14.5. The molecule has 0 fully saturated rings. The summed E-state index contributed by atoms with van der Waals surface area (Å²) in [5.74, 6) is -0.910. The van der Waals surface area contributed by atoms with Gasteiger partial charge < -0.3 is 14.9 Å². The molecule has 0 aromatic rings. The molecule has 0 aromatic carbocycles. The number of hydrogen-bond acceptors (Lipinski definition) is 5. The molecule has 0 aliphatic carbocycles. The van der Waals surface area contributed by atoms with E-state index in [1.54, 1.807) is 6.92 Å². The fraction of sp³-hybridized carbons (Fsp3) is 0.909. The zero-order valence-corrected chi connectivity index (χ0v) is 17.5. The highest BCUT2D eigenvalue weighted by Crippen LogP contribution is 2.19. The summed E-state index contributed by atoms with van der Waals surface area (Å²) < 4.78 is 5.00. The zero-order valence-electron chi connectivity index (χ0n) is 17.5. The van der Waals surface area contributed by atoms with Crippen LogP contribution in [0.1, 0.15) is 104 Å². The SMILES string of the molecule is CCCCCCCCCCCCCCC(CC(C)O)C(=O)OC(C=O)CO. The lowest BCUT2D eigenvalue weighted by Crippen LogP contribution is -2.29. The van der Waals surface area contributed by atoms with Gasteiger partial charge in [0.2, 0.25) is 0 Å². The standard InChI is InChI=1S/C22H42O5/c1-3-4-5-6-7-8-9-10-11-12-13-14-15-20(16-19(2)25)22(26)27-21(17-23)18-24/h17,19-21,24-25H,3-16,18H2,1-2H3. The van der Waals surface area contributed by atoms with E-state index in [-0.39, 0.29) is 0 Å². The van der Waals surface area contributed by atoms with Gasteiger partial charge in [-0.25, -0.2) is 0 Å². The van der Waals surface area contributed by atoms with Gasteiger partial charge in [-0.15, -0.1) is 0 Å². The molecule has 2 N–H and O–H groups in total. The quantitative estimate of drug-likeness (QED) is 0.193. The van der Waals surface area contributed by atoms with Gasteiger partial charge in [-0.1, -0.05) is 84.0 Å². The third kappa shape index (κ3) is 15.8. The number of carbonyl (C=O) groups excluding carboxylic acids is 2.